The summed E-state index contributed by atoms with van der Waals surface area (Å²) in [7, 11) is 0. The highest BCUT2D eigenvalue weighted by molar-refractivity contribution is 5.98. The third-order valence-electron chi connectivity index (χ3n) is 5.36. The first kappa shape index (κ1) is 26.0. The first-order chi connectivity index (χ1) is 17.2. The number of carboxylic acid groups (broad SMARTS) is 1. The second-order valence-electron chi connectivity index (χ2n) is 8.24. The average Bonchev–Trinajstić information content (AvgIpc) is 2.85. The highest BCUT2D eigenvalue weighted by Gasteiger charge is 2.27. The Morgan fingerprint density at radius 3 is 1.86 bits per heavy atom. The Balaban J connectivity index is 1.75. The molecule has 5 N–H and O–H groups in total. The summed E-state index contributed by atoms with van der Waals surface area (Å²) in [5.41, 5.74) is 2.23. The van der Waals surface area contributed by atoms with E-state index in [9.17, 15) is 29.4 Å². The molecule has 0 unspecified atom stereocenters. The van der Waals surface area contributed by atoms with Gasteiger partial charge in [-0.1, -0.05) is 42.5 Å². The Labute approximate surface area is 208 Å². The minimum atomic E-state index is -1.25. The molecule has 0 aliphatic heterocycles. The summed E-state index contributed by atoms with van der Waals surface area (Å²) in [6.07, 6.45) is 0.0857. The van der Waals surface area contributed by atoms with E-state index in [1.165, 1.54) is 19.1 Å². The molecule has 3 rings (SSSR count). The van der Waals surface area contributed by atoms with E-state index in [4.69, 9.17) is 0 Å². The van der Waals surface area contributed by atoms with E-state index < -0.39 is 29.9 Å². The van der Waals surface area contributed by atoms with Crippen molar-refractivity contribution in [3.63, 3.8) is 0 Å². The number of hydrogen-bond donors (Lipinski definition) is 5. The smallest absolute Gasteiger partial charge is 0.326 e. The van der Waals surface area contributed by atoms with Gasteiger partial charge < -0.3 is 26.2 Å². The van der Waals surface area contributed by atoms with Gasteiger partial charge in [-0.3, -0.25) is 14.4 Å². The molecule has 0 saturated heterocycles. The minimum Gasteiger partial charge on any atom is -0.508 e. The number of phenols is 1. The van der Waals surface area contributed by atoms with Crippen molar-refractivity contribution in [2.75, 3.05) is 5.32 Å². The third kappa shape index (κ3) is 7.69. The van der Waals surface area contributed by atoms with Crippen molar-refractivity contribution in [1.29, 1.82) is 0 Å². The van der Waals surface area contributed by atoms with E-state index in [1.54, 1.807) is 66.7 Å². The first-order valence-corrected chi connectivity index (χ1v) is 11.2. The summed E-state index contributed by atoms with van der Waals surface area (Å²) in [5.74, 6) is -2.53. The van der Waals surface area contributed by atoms with Crippen LogP contribution in [0.4, 0.5) is 5.69 Å². The standard InChI is InChI=1S/C27H27N3O6/c1-17(31)28-21-11-7-18(8-12-21)16-24(27(35)36)30-26(34)23(15-19-9-13-22(32)14-10-19)29-25(33)20-5-3-2-4-6-20/h2-14,23-24,32H,15-16H2,1H3,(H,28,31)(H,29,33)(H,30,34)(H,35,36)/t23-,24-/m0/s1. The molecule has 0 aliphatic carbocycles. The van der Waals surface area contributed by atoms with Crippen molar-refractivity contribution in [3.05, 3.63) is 95.6 Å². The molecule has 0 saturated carbocycles. The van der Waals surface area contributed by atoms with Gasteiger partial charge in [0.15, 0.2) is 0 Å². The predicted molar refractivity (Wildman–Crippen MR) is 134 cm³/mol. The number of amides is 3. The van der Waals surface area contributed by atoms with Crippen molar-refractivity contribution in [3.8, 4) is 5.75 Å². The molecule has 9 nitrogen and oxygen atoms in total. The van der Waals surface area contributed by atoms with E-state index in [0.717, 1.165) is 0 Å². The summed E-state index contributed by atoms with van der Waals surface area (Å²) in [6.45, 7) is 1.38. The van der Waals surface area contributed by atoms with Gasteiger partial charge in [0.2, 0.25) is 11.8 Å². The van der Waals surface area contributed by atoms with Gasteiger partial charge in [-0.15, -0.1) is 0 Å². The maximum Gasteiger partial charge on any atom is 0.326 e. The molecule has 186 valence electrons. The fraction of sp³-hybridized carbons (Fsp3) is 0.185. The molecule has 3 aromatic rings. The second-order valence-corrected chi connectivity index (χ2v) is 8.24. The molecule has 3 amide bonds. The van der Waals surface area contributed by atoms with Gasteiger partial charge in [0.1, 0.15) is 17.8 Å². The predicted octanol–water partition coefficient (Wildman–Crippen LogP) is 2.50. The van der Waals surface area contributed by atoms with Crippen molar-refractivity contribution < 1.29 is 29.4 Å². The maximum atomic E-state index is 13.2. The van der Waals surface area contributed by atoms with Crippen LogP contribution in [0.3, 0.4) is 0 Å². The molecule has 9 heteroatoms. The van der Waals surface area contributed by atoms with Gasteiger partial charge in [-0.2, -0.15) is 0 Å². The number of benzene rings is 3. The quantitative estimate of drug-likeness (QED) is 0.296. The third-order valence-corrected chi connectivity index (χ3v) is 5.36. The fourth-order valence-corrected chi connectivity index (χ4v) is 3.54. The molecule has 0 aliphatic rings. The van der Waals surface area contributed by atoms with Crippen LogP contribution in [0.25, 0.3) is 0 Å². The lowest BCUT2D eigenvalue weighted by molar-refractivity contribution is -0.142. The Kier molecular flexibility index (Phi) is 8.77. The number of phenolic OH excluding ortho intramolecular Hbond substituents is 1. The van der Waals surface area contributed by atoms with Crippen molar-refractivity contribution in [1.82, 2.24) is 10.6 Å². The zero-order chi connectivity index (χ0) is 26.1. The van der Waals surface area contributed by atoms with Crippen LogP contribution >= 0.6 is 0 Å². The van der Waals surface area contributed by atoms with Crippen LogP contribution in [0.5, 0.6) is 5.75 Å². The highest BCUT2D eigenvalue weighted by atomic mass is 16.4. The van der Waals surface area contributed by atoms with Gasteiger partial charge in [0.05, 0.1) is 0 Å². The number of carboxylic acids is 1. The number of hydrogen-bond acceptors (Lipinski definition) is 5. The van der Waals surface area contributed by atoms with Crippen LogP contribution in [0, 0.1) is 0 Å². The van der Waals surface area contributed by atoms with Crippen LogP contribution in [0.2, 0.25) is 0 Å². The van der Waals surface area contributed by atoms with Gasteiger partial charge in [-0.05, 0) is 47.5 Å². The minimum absolute atomic E-state index is 0.0000141. The van der Waals surface area contributed by atoms with E-state index in [2.05, 4.69) is 16.0 Å². The molecule has 0 aromatic heterocycles. The van der Waals surface area contributed by atoms with Crippen LogP contribution in [0.1, 0.15) is 28.4 Å². The SMILES string of the molecule is CC(=O)Nc1ccc(C[C@H](NC(=O)[C@H](Cc2ccc(O)cc2)NC(=O)c2ccccc2)C(=O)O)cc1. The van der Waals surface area contributed by atoms with E-state index in [-0.39, 0.29) is 24.5 Å². The van der Waals surface area contributed by atoms with Crippen molar-refractivity contribution in [2.45, 2.75) is 31.8 Å². The van der Waals surface area contributed by atoms with E-state index in [0.29, 0.717) is 22.4 Å². The first-order valence-electron chi connectivity index (χ1n) is 11.2. The fourth-order valence-electron chi connectivity index (χ4n) is 3.54. The molecule has 0 bridgehead atoms. The van der Waals surface area contributed by atoms with Gasteiger partial charge in [0, 0.05) is 31.0 Å². The van der Waals surface area contributed by atoms with Crippen LogP contribution < -0.4 is 16.0 Å². The number of carbonyl (C=O) groups excluding carboxylic acids is 3. The molecular formula is C27H27N3O6. The molecule has 3 aromatic carbocycles. The van der Waals surface area contributed by atoms with Crippen LogP contribution in [-0.4, -0.2) is 46.0 Å². The Morgan fingerprint density at radius 2 is 1.31 bits per heavy atom. The largest absolute Gasteiger partial charge is 0.508 e. The van der Waals surface area contributed by atoms with E-state index in [1.807, 2.05) is 0 Å². The number of aromatic hydroxyl groups is 1. The molecule has 36 heavy (non-hydrogen) atoms. The van der Waals surface area contributed by atoms with Crippen LogP contribution in [-0.2, 0) is 27.2 Å². The van der Waals surface area contributed by atoms with Gasteiger partial charge in [0.25, 0.3) is 5.91 Å². The zero-order valence-electron chi connectivity index (χ0n) is 19.6. The summed E-state index contributed by atoms with van der Waals surface area (Å²) < 4.78 is 0. The molecule has 2 atom stereocenters. The second kappa shape index (κ2) is 12.2. The summed E-state index contributed by atoms with van der Waals surface area (Å²) in [6, 6.07) is 18.8. The Bertz CT molecular complexity index is 1210. The highest BCUT2D eigenvalue weighted by Crippen LogP contribution is 2.14. The molecular weight excluding hydrogens is 462 g/mol. The van der Waals surface area contributed by atoms with Crippen molar-refractivity contribution in [2.24, 2.45) is 0 Å². The average molecular weight is 490 g/mol. The number of rotatable bonds is 10. The molecule has 0 radical (unpaired) electrons. The normalized spacial score (nSPS) is 12.1. The maximum absolute atomic E-state index is 13.2. The molecule has 0 spiro atoms. The van der Waals surface area contributed by atoms with Gasteiger partial charge in [-0.25, -0.2) is 4.79 Å². The lowest BCUT2D eigenvalue weighted by Crippen LogP contribution is -2.53. The monoisotopic (exact) mass is 489 g/mol. The number of aliphatic carboxylic acids is 1. The lowest BCUT2D eigenvalue weighted by atomic mass is 10.0. The zero-order valence-corrected chi connectivity index (χ0v) is 19.6. The molecule has 0 heterocycles. The Hall–Kier alpha value is -4.66. The lowest BCUT2D eigenvalue weighted by Gasteiger charge is -2.22. The van der Waals surface area contributed by atoms with Crippen molar-refractivity contribution >= 4 is 29.4 Å². The summed E-state index contributed by atoms with van der Waals surface area (Å²) in [5, 5.41) is 27.1. The number of carbonyl (C=O) groups is 4. The Morgan fingerprint density at radius 1 is 0.750 bits per heavy atom. The topological polar surface area (TPSA) is 145 Å². The summed E-state index contributed by atoms with van der Waals surface area (Å²) >= 11 is 0. The van der Waals surface area contributed by atoms with Crippen LogP contribution in [0.15, 0.2) is 78.9 Å². The van der Waals surface area contributed by atoms with E-state index >= 15 is 0 Å². The number of anilines is 1. The van der Waals surface area contributed by atoms with Gasteiger partial charge >= 0.3 is 5.97 Å². The summed E-state index contributed by atoms with van der Waals surface area (Å²) in [4.78, 5) is 49.0. The number of nitrogens with one attached hydrogen (secondary N) is 3. The molecule has 0 fully saturated rings.